The minimum atomic E-state index is -4.87. The van der Waals surface area contributed by atoms with Gasteiger partial charge in [-0.15, -0.1) is 5.11 Å². The molecule has 3 aromatic carbocycles. The molecule has 0 saturated heterocycles. The predicted molar refractivity (Wildman–Crippen MR) is 149 cm³/mol. The smallest absolute Gasteiger partial charge is 0.397 e. The summed E-state index contributed by atoms with van der Waals surface area (Å²) in [6.45, 7) is -0.608. The summed E-state index contributed by atoms with van der Waals surface area (Å²) in [5.74, 6) is -0.203. The molecule has 19 heteroatoms. The SMILES string of the molecule is O=S(=O)(O)OCCOc1ccc(N=Nc2c(S(=O)(=O)O)cc3cc(Nc4nc(Cl)nc(Cl)c4Cl)ccc3c2O)cc1. The molecule has 41 heavy (non-hydrogen) atoms. The Balaban J connectivity index is 1.61. The van der Waals surface area contributed by atoms with Crippen LogP contribution in [-0.4, -0.2) is 54.2 Å². The van der Waals surface area contributed by atoms with Crippen molar-refractivity contribution in [1.29, 1.82) is 0 Å². The molecule has 1 aromatic heterocycles. The Labute approximate surface area is 247 Å². The number of anilines is 2. The number of benzene rings is 3. The first kappa shape index (κ1) is 30.6. The van der Waals surface area contributed by atoms with Gasteiger partial charge in [0.25, 0.3) is 10.1 Å². The third-order valence-corrected chi connectivity index (χ3v) is 7.29. The van der Waals surface area contributed by atoms with E-state index in [1.807, 2.05) is 0 Å². The van der Waals surface area contributed by atoms with Gasteiger partial charge in [-0.1, -0.05) is 23.2 Å². The normalized spacial score (nSPS) is 12.2. The quantitative estimate of drug-likeness (QED) is 0.0513. The van der Waals surface area contributed by atoms with E-state index in [0.717, 1.165) is 6.07 Å². The van der Waals surface area contributed by atoms with Crippen molar-refractivity contribution in [3.8, 4) is 11.5 Å². The average Bonchev–Trinajstić information content (AvgIpc) is 2.88. The Morgan fingerprint density at radius 2 is 1.61 bits per heavy atom. The molecule has 14 nitrogen and oxygen atoms in total. The van der Waals surface area contributed by atoms with Gasteiger partial charge >= 0.3 is 10.4 Å². The molecule has 0 aliphatic carbocycles. The summed E-state index contributed by atoms with van der Waals surface area (Å²) >= 11 is 17.9. The number of phenolic OH excluding ortho intramolecular Hbond substituents is 1. The van der Waals surface area contributed by atoms with Gasteiger partial charge in [-0.05, 0) is 65.5 Å². The lowest BCUT2D eigenvalue weighted by Crippen LogP contribution is -2.11. The van der Waals surface area contributed by atoms with E-state index < -0.39 is 43.5 Å². The molecule has 0 radical (unpaired) electrons. The fourth-order valence-electron chi connectivity index (χ4n) is 3.35. The van der Waals surface area contributed by atoms with E-state index in [1.54, 1.807) is 0 Å². The number of halogens is 3. The van der Waals surface area contributed by atoms with Crippen molar-refractivity contribution in [3.05, 3.63) is 64.0 Å². The Hall–Kier alpha value is -3.35. The summed E-state index contributed by atoms with van der Waals surface area (Å²) < 4.78 is 73.2. The first-order chi connectivity index (χ1) is 19.2. The number of fused-ring (bicyclic) bond motifs is 1. The van der Waals surface area contributed by atoms with E-state index >= 15 is 0 Å². The molecule has 0 bridgehead atoms. The van der Waals surface area contributed by atoms with Gasteiger partial charge in [-0.25, -0.2) is 9.17 Å². The minimum absolute atomic E-state index is 0.0147. The standard InChI is InChI=1S/C22H16Cl3N5O9S2/c23-17-20(24)27-22(25)28-21(17)26-13-3-6-15-11(9-13)10-16(40(32,33)34)18(19(15)31)30-29-12-1-4-14(5-2-12)38-7-8-39-41(35,36)37/h1-6,9-10,31H,7-8H2,(H,26,27,28)(H,32,33,34)(H,35,36,37). The van der Waals surface area contributed by atoms with Gasteiger partial charge in [0.15, 0.2) is 16.7 Å². The van der Waals surface area contributed by atoms with E-state index in [1.165, 1.54) is 42.5 Å². The highest BCUT2D eigenvalue weighted by Gasteiger charge is 2.22. The van der Waals surface area contributed by atoms with Crippen molar-refractivity contribution in [1.82, 2.24) is 9.97 Å². The monoisotopic (exact) mass is 663 g/mol. The maximum absolute atomic E-state index is 12.2. The lowest BCUT2D eigenvalue weighted by atomic mass is 10.1. The van der Waals surface area contributed by atoms with Crippen LogP contribution in [0.2, 0.25) is 15.5 Å². The first-order valence-corrected chi connectivity index (χ1v) is 14.8. The number of phenols is 1. The summed E-state index contributed by atoms with van der Waals surface area (Å²) in [6.07, 6.45) is 0. The maximum atomic E-state index is 12.2. The van der Waals surface area contributed by atoms with Crippen LogP contribution < -0.4 is 10.1 Å². The number of hydrogen-bond acceptors (Lipinski definition) is 12. The molecule has 0 saturated carbocycles. The van der Waals surface area contributed by atoms with Crippen LogP contribution in [0.4, 0.5) is 22.9 Å². The predicted octanol–water partition coefficient (Wildman–Crippen LogP) is 5.90. The number of nitrogens with zero attached hydrogens (tertiary/aromatic N) is 4. The molecule has 0 spiro atoms. The van der Waals surface area contributed by atoms with E-state index in [-0.39, 0.29) is 44.3 Å². The topological polar surface area (TPSA) is 210 Å². The Kier molecular flexibility index (Phi) is 9.15. The van der Waals surface area contributed by atoms with Crippen molar-refractivity contribution in [2.45, 2.75) is 4.90 Å². The second-order valence-corrected chi connectivity index (χ2v) is 11.4. The Morgan fingerprint density at radius 1 is 0.902 bits per heavy atom. The highest BCUT2D eigenvalue weighted by atomic mass is 35.5. The molecule has 0 aliphatic rings. The third kappa shape index (κ3) is 7.90. The molecule has 4 rings (SSSR count). The van der Waals surface area contributed by atoms with Crippen molar-refractivity contribution >= 4 is 89.0 Å². The summed E-state index contributed by atoms with van der Waals surface area (Å²) in [5, 5.41) is 21.6. The number of nitrogens with one attached hydrogen (secondary N) is 1. The zero-order valence-electron chi connectivity index (χ0n) is 20.1. The van der Waals surface area contributed by atoms with Gasteiger partial charge < -0.3 is 15.2 Å². The number of rotatable bonds is 10. The van der Waals surface area contributed by atoms with Gasteiger partial charge in [0.2, 0.25) is 5.28 Å². The number of aromatic hydroxyl groups is 1. The molecule has 0 unspecified atom stereocenters. The lowest BCUT2D eigenvalue weighted by molar-refractivity contribution is 0.202. The van der Waals surface area contributed by atoms with Gasteiger partial charge in [0, 0.05) is 11.1 Å². The fourth-order valence-corrected chi connectivity index (χ4v) is 4.80. The van der Waals surface area contributed by atoms with Crippen LogP contribution in [0.25, 0.3) is 10.8 Å². The van der Waals surface area contributed by atoms with Crippen molar-refractivity contribution in [2.24, 2.45) is 10.2 Å². The molecule has 0 fully saturated rings. The number of ether oxygens (including phenoxy) is 1. The van der Waals surface area contributed by atoms with Gasteiger partial charge in [0.1, 0.15) is 34.6 Å². The zero-order chi connectivity index (χ0) is 29.9. The molecule has 1 heterocycles. The van der Waals surface area contributed by atoms with Gasteiger partial charge in [0.05, 0.1) is 5.69 Å². The second kappa shape index (κ2) is 12.3. The van der Waals surface area contributed by atoms with Crippen LogP contribution >= 0.6 is 34.8 Å². The molecule has 0 atom stereocenters. The molecular formula is C22H16Cl3N5O9S2. The number of hydrogen-bond donors (Lipinski definition) is 4. The molecular weight excluding hydrogens is 649 g/mol. The van der Waals surface area contributed by atoms with Gasteiger partial charge in [-0.3, -0.25) is 9.11 Å². The number of azo groups is 1. The van der Waals surface area contributed by atoms with E-state index in [9.17, 15) is 26.5 Å². The Bertz CT molecular complexity index is 1870. The van der Waals surface area contributed by atoms with E-state index in [4.69, 9.17) is 44.1 Å². The largest absolute Gasteiger partial charge is 0.505 e. The average molecular weight is 665 g/mol. The molecule has 0 aliphatic heterocycles. The highest BCUT2D eigenvalue weighted by molar-refractivity contribution is 7.86. The first-order valence-electron chi connectivity index (χ1n) is 10.9. The van der Waals surface area contributed by atoms with Crippen LogP contribution in [0.3, 0.4) is 0 Å². The number of aromatic nitrogens is 2. The van der Waals surface area contributed by atoms with Crippen LogP contribution in [0, 0.1) is 0 Å². The summed E-state index contributed by atoms with van der Waals surface area (Å²) in [7, 11) is -9.45. The second-order valence-electron chi connectivity index (χ2n) is 7.85. The Morgan fingerprint density at radius 3 is 2.27 bits per heavy atom. The molecule has 4 N–H and O–H groups in total. The lowest BCUT2D eigenvalue weighted by Gasteiger charge is -2.12. The molecule has 216 valence electrons. The highest BCUT2D eigenvalue weighted by Crippen LogP contribution is 2.42. The minimum Gasteiger partial charge on any atom is -0.505 e. The van der Waals surface area contributed by atoms with E-state index in [0.29, 0.717) is 11.4 Å². The maximum Gasteiger partial charge on any atom is 0.397 e. The van der Waals surface area contributed by atoms with Crippen LogP contribution in [-0.2, 0) is 24.7 Å². The summed E-state index contributed by atoms with van der Waals surface area (Å²) in [6, 6.07) is 11.3. The summed E-state index contributed by atoms with van der Waals surface area (Å²) in [4.78, 5) is 6.95. The van der Waals surface area contributed by atoms with Crippen molar-refractivity contribution in [2.75, 3.05) is 18.5 Å². The van der Waals surface area contributed by atoms with Crippen LogP contribution in [0.1, 0.15) is 0 Å². The van der Waals surface area contributed by atoms with Gasteiger partial charge in [-0.2, -0.15) is 26.9 Å². The molecule has 0 amide bonds. The van der Waals surface area contributed by atoms with Crippen LogP contribution in [0.5, 0.6) is 11.5 Å². The van der Waals surface area contributed by atoms with E-state index in [2.05, 4.69) is 29.7 Å². The molecule has 4 aromatic rings. The van der Waals surface area contributed by atoms with Crippen molar-refractivity contribution < 1.29 is 40.0 Å². The summed E-state index contributed by atoms with van der Waals surface area (Å²) in [5.41, 5.74) is 0.0545. The zero-order valence-corrected chi connectivity index (χ0v) is 24.0. The van der Waals surface area contributed by atoms with Crippen LogP contribution in [0.15, 0.2) is 63.7 Å². The van der Waals surface area contributed by atoms with Crippen molar-refractivity contribution in [3.63, 3.8) is 0 Å². The fraction of sp³-hybridized carbons (Fsp3) is 0.0909. The third-order valence-electron chi connectivity index (χ3n) is 5.06.